The molecular weight excluding hydrogens is 115 g/mol. The Labute approximate surface area is 55.3 Å². The molecule has 0 fully saturated rings. The monoisotopic (exact) mass is 124 g/mol. The van der Waals surface area contributed by atoms with Gasteiger partial charge in [0, 0.05) is 6.08 Å². The van der Waals surface area contributed by atoms with E-state index in [-0.39, 0.29) is 7.12 Å². The van der Waals surface area contributed by atoms with Crippen molar-refractivity contribution >= 4 is 7.12 Å². The molecule has 0 aromatic carbocycles. The lowest BCUT2D eigenvalue weighted by molar-refractivity contribution is 0.286. The van der Waals surface area contributed by atoms with Crippen LogP contribution in [0.3, 0.4) is 0 Å². The summed E-state index contributed by atoms with van der Waals surface area (Å²) in [6, 6.07) is 0. The standard InChI is InChI=1S/C6H9BO2/c1-5-4-6(2)9-7(3)8-5/h4H,1H2,2-3H3. The van der Waals surface area contributed by atoms with Gasteiger partial charge >= 0.3 is 7.12 Å². The summed E-state index contributed by atoms with van der Waals surface area (Å²) in [6.45, 7) is 7.35. The normalized spacial score (nSPS) is 18.2. The molecule has 2 nitrogen and oxygen atoms in total. The third kappa shape index (κ3) is 1.52. The maximum absolute atomic E-state index is 5.13. The lowest BCUT2D eigenvalue weighted by Crippen LogP contribution is -2.20. The van der Waals surface area contributed by atoms with Gasteiger partial charge in [0.15, 0.2) is 0 Å². The van der Waals surface area contributed by atoms with E-state index in [4.69, 9.17) is 9.31 Å². The van der Waals surface area contributed by atoms with E-state index >= 15 is 0 Å². The summed E-state index contributed by atoms with van der Waals surface area (Å²) in [6.07, 6.45) is 1.76. The topological polar surface area (TPSA) is 18.5 Å². The van der Waals surface area contributed by atoms with Crippen molar-refractivity contribution in [1.82, 2.24) is 0 Å². The summed E-state index contributed by atoms with van der Waals surface area (Å²) in [5.41, 5.74) is 0. The lowest BCUT2D eigenvalue weighted by Gasteiger charge is -2.18. The minimum absolute atomic E-state index is 0.178. The fourth-order valence-corrected chi connectivity index (χ4v) is 0.794. The third-order valence-corrected chi connectivity index (χ3v) is 1.03. The van der Waals surface area contributed by atoms with Gasteiger partial charge in [-0.15, -0.1) is 0 Å². The van der Waals surface area contributed by atoms with Crippen LogP contribution in [0, 0.1) is 0 Å². The van der Waals surface area contributed by atoms with Gasteiger partial charge in [0.05, 0.1) is 11.5 Å². The molecule has 1 rings (SSSR count). The Morgan fingerprint density at radius 2 is 2.22 bits per heavy atom. The van der Waals surface area contributed by atoms with Crippen LogP contribution in [0.2, 0.25) is 6.82 Å². The molecule has 0 amide bonds. The highest BCUT2D eigenvalue weighted by atomic mass is 16.6. The molecule has 1 aliphatic heterocycles. The molecule has 1 heterocycles. The Bertz CT molecular complexity index is 162. The highest BCUT2D eigenvalue weighted by molar-refractivity contribution is 6.43. The maximum atomic E-state index is 5.13. The molecule has 0 saturated carbocycles. The summed E-state index contributed by atoms with van der Waals surface area (Å²) in [5, 5.41) is 0. The lowest BCUT2D eigenvalue weighted by atomic mass is 9.94. The van der Waals surface area contributed by atoms with Gasteiger partial charge in [0.1, 0.15) is 0 Å². The molecule has 0 N–H and O–H groups in total. The highest BCUT2D eigenvalue weighted by Crippen LogP contribution is 2.13. The van der Waals surface area contributed by atoms with Crippen molar-refractivity contribution in [1.29, 1.82) is 0 Å². The van der Waals surface area contributed by atoms with E-state index < -0.39 is 0 Å². The van der Waals surface area contributed by atoms with E-state index in [2.05, 4.69) is 6.58 Å². The molecule has 0 unspecified atom stereocenters. The zero-order valence-corrected chi connectivity index (χ0v) is 5.68. The van der Waals surface area contributed by atoms with Crippen molar-refractivity contribution in [2.24, 2.45) is 0 Å². The van der Waals surface area contributed by atoms with Gasteiger partial charge in [-0.25, -0.2) is 0 Å². The number of hydrogen-bond acceptors (Lipinski definition) is 2. The Hall–Kier alpha value is -0.855. The van der Waals surface area contributed by atoms with Crippen molar-refractivity contribution in [3.8, 4) is 0 Å². The summed E-state index contributed by atoms with van der Waals surface area (Å²) >= 11 is 0. The molecule has 0 spiro atoms. The van der Waals surface area contributed by atoms with Crippen LogP contribution in [0.25, 0.3) is 0 Å². The van der Waals surface area contributed by atoms with Crippen molar-refractivity contribution in [2.75, 3.05) is 0 Å². The average molecular weight is 124 g/mol. The molecule has 0 saturated heterocycles. The second-order valence-corrected chi connectivity index (χ2v) is 2.02. The number of hydrogen-bond donors (Lipinski definition) is 0. The first-order valence-electron chi connectivity index (χ1n) is 2.89. The van der Waals surface area contributed by atoms with E-state index in [0.29, 0.717) is 5.76 Å². The molecule has 48 valence electrons. The summed E-state index contributed by atoms with van der Waals surface area (Å²) in [4.78, 5) is 0. The third-order valence-electron chi connectivity index (χ3n) is 1.03. The smallest absolute Gasteiger partial charge is 0.530 e. The fourth-order valence-electron chi connectivity index (χ4n) is 0.794. The predicted molar refractivity (Wildman–Crippen MR) is 36.7 cm³/mol. The van der Waals surface area contributed by atoms with Crippen LogP contribution in [0.15, 0.2) is 24.2 Å². The van der Waals surface area contributed by atoms with E-state index in [1.165, 1.54) is 0 Å². The second-order valence-electron chi connectivity index (χ2n) is 2.02. The first kappa shape index (κ1) is 6.27. The van der Waals surface area contributed by atoms with Crippen LogP contribution in [-0.2, 0) is 9.31 Å². The van der Waals surface area contributed by atoms with E-state index in [1.54, 1.807) is 6.08 Å². The van der Waals surface area contributed by atoms with Crippen LogP contribution in [0.4, 0.5) is 0 Å². The first-order chi connectivity index (χ1) is 4.18. The van der Waals surface area contributed by atoms with Gasteiger partial charge < -0.3 is 9.31 Å². The Morgan fingerprint density at radius 3 is 2.67 bits per heavy atom. The van der Waals surface area contributed by atoms with Crippen LogP contribution in [0.5, 0.6) is 0 Å². The van der Waals surface area contributed by atoms with Crippen LogP contribution in [0.1, 0.15) is 6.92 Å². The molecule has 0 atom stereocenters. The van der Waals surface area contributed by atoms with Crippen LogP contribution >= 0.6 is 0 Å². The van der Waals surface area contributed by atoms with Crippen molar-refractivity contribution in [3.05, 3.63) is 24.2 Å². The molecule has 0 aliphatic carbocycles. The van der Waals surface area contributed by atoms with E-state index in [1.807, 2.05) is 13.7 Å². The maximum Gasteiger partial charge on any atom is 0.591 e. The average Bonchev–Trinajstić information content (AvgIpc) is 1.59. The fraction of sp³-hybridized carbons (Fsp3) is 0.333. The summed E-state index contributed by atoms with van der Waals surface area (Å²) in [5.74, 6) is 1.53. The van der Waals surface area contributed by atoms with E-state index in [9.17, 15) is 0 Å². The quantitative estimate of drug-likeness (QED) is 0.456. The SMILES string of the molecule is C=C1C=C(C)OB(C)O1. The van der Waals surface area contributed by atoms with Crippen molar-refractivity contribution < 1.29 is 9.31 Å². The van der Waals surface area contributed by atoms with Gasteiger partial charge in [-0.1, -0.05) is 6.58 Å². The highest BCUT2D eigenvalue weighted by Gasteiger charge is 2.18. The second kappa shape index (κ2) is 2.17. The Kier molecular flexibility index (Phi) is 1.51. The molecular formula is C6H9BO2. The molecule has 0 aromatic heterocycles. The van der Waals surface area contributed by atoms with Gasteiger partial charge in [-0.05, 0) is 13.7 Å². The molecule has 3 heteroatoms. The zero-order valence-electron chi connectivity index (χ0n) is 5.68. The van der Waals surface area contributed by atoms with Crippen LogP contribution in [-0.4, -0.2) is 7.12 Å². The summed E-state index contributed by atoms with van der Waals surface area (Å²) in [7, 11) is -0.178. The zero-order chi connectivity index (χ0) is 6.85. The molecule has 0 bridgehead atoms. The molecule has 0 radical (unpaired) electrons. The van der Waals surface area contributed by atoms with Crippen molar-refractivity contribution in [3.63, 3.8) is 0 Å². The van der Waals surface area contributed by atoms with E-state index in [0.717, 1.165) is 5.76 Å². The van der Waals surface area contributed by atoms with Gasteiger partial charge in [-0.2, -0.15) is 0 Å². The number of rotatable bonds is 0. The summed E-state index contributed by atoms with van der Waals surface area (Å²) < 4.78 is 10.2. The molecule has 9 heavy (non-hydrogen) atoms. The molecule has 0 aromatic rings. The van der Waals surface area contributed by atoms with Crippen molar-refractivity contribution in [2.45, 2.75) is 13.7 Å². The predicted octanol–water partition coefficient (Wildman–Crippen LogP) is 1.57. The minimum Gasteiger partial charge on any atom is -0.530 e. The van der Waals surface area contributed by atoms with Crippen LogP contribution < -0.4 is 0 Å². The van der Waals surface area contributed by atoms with Gasteiger partial charge in [0.25, 0.3) is 0 Å². The largest absolute Gasteiger partial charge is 0.591 e. The van der Waals surface area contributed by atoms with Gasteiger partial charge in [-0.3, -0.25) is 0 Å². The Morgan fingerprint density at radius 1 is 1.56 bits per heavy atom. The first-order valence-corrected chi connectivity index (χ1v) is 2.89. The number of allylic oxidation sites excluding steroid dienone is 2. The minimum atomic E-state index is -0.178. The Balaban J connectivity index is 2.67. The van der Waals surface area contributed by atoms with Gasteiger partial charge in [0.2, 0.25) is 0 Å². The molecule has 1 aliphatic rings.